The van der Waals surface area contributed by atoms with Crippen LogP contribution in [0.3, 0.4) is 0 Å². The van der Waals surface area contributed by atoms with Crippen LogP contribution in [0.25, 0.3) is 11.1 Å². The van der Waals surface area contributed by atoms with Crippen LogP contribution in [0.15, 0.2) is 40.8 Å². The van der Waals surface area contributed by atoms with Crippen LogP contribution in [0.4, 0.5) is 19.3 Å². The minimum absolute atomic E-state index is 0.0426. The van der Waals surface area contributed by atoms with Gasteiger partial charge in [-0.3, -0.25) is 4.90 Å². The van der Waals surface area contributed by atoms with Gasteiger partial charge in [0.05, 0.1) is 12.2 Å². The van der Waals surface area contributed by atoms with Gasteiger partial charge in [-0.2, -0.15) is 0 Å². The number of aromatic nitrogens is 1. The van der Waals surface area contributed by atoms with E-state index >= 15 is 0 Å². The molecule has 0 radical (unpaired) electrons. The highest BCUT2D eigenvalue weighted by Gasteiger charge is 2.23. The van der Waals surface area contributed by atoms with Crippen LogP contribution in [-0.4, -0.2) is 47.0 Å². The molecule has 3 aromatic rings. The maximum absolute atomic E-state index is 13.7. The van der Waals surface area contributed by atoms with Crippen LogP contribution in [0, 0.1) is 11.6 Å². The predicted octanol–water partition coefficient (Wildman–Crippen LogP) is 4.11. The second-order valence-corrected chi connectivity index (χ2v) is 6.97. The van der Waals surface area contributed by atoms with E-state index in [0.29, 0.717) is 54.7 Å². The fourth-order valence-electron chi connectivity index (χ4n) is 3.10. The summed E-state index contributed by atoms with van der Waals surface area (Å²) in [6.07, 6.45) is 0. The average Bonchev–Trinajstić information content (AvgIpc) is 3.06. The summed E-state index contributed by atoms with van der Waals surface area (Å²) in [4.78, 5) is 20.5. The van der Waals surface area contributed by atoms with Gasteiger partial charge in [-0.05, 0) is 30.3 Å². The summed E-state index contributed by atoms with van der Waals surface area (Å²) in [5, 5.41) is 3.08. The van der Waals surface area contributed by atoms with E-state index in [0.717, 1.165) is 12.1 Å². The van der Waals surface area contributed by atoms with Crippen molar-refractivity contribution in [3.8, 4) is 0 Å². The first-order valence-electron chi connectivity index (χ1n) is 8.76. The smallest absolute Gasteiger partial charge is 0.322 e. The van der Waals surface area contributed by atoms with Crippen molar-refractivity contribution in [3.05, 3.63) is 58.9 Å². The second kappa shape index (κ2) is 7.73. The van der Waals surface area contributed by atoms with Crippen LogP contribution in [0.1, 0.15) is 5.89 Å². The van der Waals surface area contributed by atoms with E-state index in [-0.39, 0.29) is 5.69 Å². The van der Waals surface area contributed by atoms with Crippen LogP contribution in [-0.2, 0) is 6.54 Å². The van der Waals surface area contributed by atoms with Gasteiger partial charge in [-0.15, -0.1) is 0 Å². The van der Waals surface area contributed by atoms with Gasteiger partial charge >= 0.3 is 6.03 Å². The van der Waals surface area contributed by atoms with Gasteiger partial charge in [0.1, 0.15) is 17.2 Å². The zero-order chi connectivity index (χ0) is 19.7. The number of urea groups is 1. The molecule has 1 fully saturated rings. The molecule has 28 heavy (non-hydrogen) atoms. The van der Waals surface area contributed by atoms with Crippen molar-refractivity contribution in [2.24, 2.45) is 0 Å². The Bertz CT molecular complexity index is 1020. The molecule has 0 aliphatic carbocycles. The van der Waals surface area contributed by atoms with Crippen molar-refractivity contribution in [1.82, 2.24) is 14.8 Å². The Hall–Kier alpha value is -2.71. The third kappa shape index (κ3) is 4.07. The normalized spacial score (nSPS) is 15.2. The summed E-state index contributed by atoms with van der Waals surface area (Å²) in [6.45, 7) is 2.72. The number of anilines is 1. The van der Waals surface area contributed by atoms with E-state index in [9.17, 15) is 13.6 Å². The molecule has 9 heteroatoms. The third-order valence-electron chi connectivity index (χ3n) is 4.59. The predicted molar refractivity (Wildman–Crippen MR) is 101 cm³/mol. The molecule has 2 heterocycles. The molecule has 1 N–H and O–H groups in total. The summed E-state index contributed by atoms with van der Waals surface area (Å²) in [5.74, 6) is -0.905. The highest BCUT2D eigenvalue weighted by Crippen LogP contribution is 2.21. The van der Waals surface area contributed by atoms with E-state index in [4.69, 9.17) is 16.0 Å². The maximum Gasteiger partial charge on any atom is 0.322 e. The summed E-state index contributed by atoms with van der Waals surface area (Å²) >= 11 is 5.96. The highest BCUT2D eigenvalue weighted by molar-refractivity contribution is 6.31. The van der Waals surface area contributed by atoms with E-state index in [1.165, 1.54) is 6.07 Å². The number of nitrogens with zero attached hydrogens (tertiary/aromatic N) is 3. The van der Waals surface area contributed by atoms with E-state index in [1.807, 2.05) is 0 Å². The zero-order valence-electron chi connectivity index (χ0n) is 14.8. The first-order valence-corrected chi connectivity index (χ1v) is 9.14. The Kier molecular flexibility index (Phi) is 5.15. The third-order valence-corrected chi connectivity index (χ3v) is 4.82. The fourth-order valence-corrected chi connectivity index (χ4v) is 3.27. The first kappa shape index (κ1) is 18.6. The molecule has 1 aliphatic heterocycles. The molecule has 4 rings (SSSR count). The topological polar surface area (TPSA) is 61.6 Å². The van der Waals surface area contributed by atoms with E-state index in [1.54, 1.807) is 23.1 Å². The van der Waals surface area contributed by atoms with E-state index < -0.39 is 17.7 Å². The Labute approximate surface area is 164 Å². The number of hydrogen-bond acceptors (Lipinski definition) is 4. The minimum atomic E-state index is -0.803. The molecule has 1 saturated heterocycles. The molecule has 6 nitrogen and oxygen atoms in total. The summed E-state index contributed by atoms with van der Waals surface area (Å²) < 4.78 is 32.4. The van der Waals surface area contributed by atoms with Gasteiger partial charge in [-0.1, -0.05) is 11.6 Å². The van der Waals surface area contributed by atoms with Crippen molar-refractivity contribution in [3.63, 3.8) is 0 Å². The molecule has 0 saturated carbocycles. The molecule has 2 amide bonds. The summed E-state index contributed by atoms with van der Waals surface area (Å²) in [5.41, 5.74) is 1.35. The van der Waals surface area contributed by atoms with Crippen molar-refractivity contribution in [2.75, 3.05) is 31.5 Å². The van der Waals surface area contributed by atoms with Crippen LogP contribution in [0.2, 0.25) is 5.02 Å². The Balaban J connectivity index is 1.32. The summed E-state index contributed by atoms with van der Waals surface area (Å²) in [7, 11) is 0. The van der Waals surface area contributed by atoms with Crippen molar-refractivity contribution < 1.29 is 18.0 Å². The lowest BCUT2D eigenvalue weighted by Gasteiger charge is -2.34. The fraction of sp³-hybridized carbons (Fsp3) is 0.263. The van der Waals surface area contributed by atoms with Gasteiger partial charge < -0.3 is 14.6 Å². The Morgan fingerprint density at radius 1 is 1.14 bits per heavy atom. The van der Waals surface area contributed by atoms with Gasteiger partial charge in [0, 0.05) is 37.3 Å². The lowest BCUT2D eigenvalue weighted by Crippen LogP contribution is -2.49. The summed E-state index contributed by atoms with van der Waals surface area (Å²) in [6, 6.07) is 7.91. The number of nitrogens with one attached hydrogen (secondary N) is 1. The number of piperazine rings is 1. The average molecular weight is 407 g/mol. The van der Waals surface area contributed by atoms with Gasteiger partial charge in [0.25, 0.3) is 0 Å². The van der Waals surface area contributed by atoms with Gasteiger partial charge in [-0.25, -0.2) is 18.6 Å². The number of halogens is 3. The Morgan fingerprint density at radius 2 is 1.93 bits per heavy atom. The van der Waals surface area contributed by atoms with Gasteiger partial charge in [0.2, 0.25) is 5.89 Å². The molecule has 0 unspecified atom stereocenters. The Morgan fingerprint density at radius 3 is 2.68 bits per heavy atom. The molecule has 0 bridgehead atoms. The molecular weight excluding hydrogens is 390 g/mol. The zero-order valence-corrected chi connectivity index (χ0v) is 15.5. The molecular formula is C19H17ClF2N4O2. The van der Waals surface area contributed by atoms with Crippen LogP contribution >= 0.6 is 11.6 Å². The largest absolute Gasteiger partial charge is 0.439 e. The van der Waals surface area contributed by atoms with Crippen LogP contribution < -0.4 is 5.32 Å². The van der Waals surface area contributed by atoms with Crippen molar-refractivity contribution in [1.29, 1.82) is 0 Å². The van der Waals surface area contributed by atoms with E-state index in [2.05, 4.69) is 15.2 Å². The molecule has 0 spiro atoms. The molecule has 0 atom stereocenters. The van der Waals surface area contributed by atoms with Crippen molar-refractivity contribution in [2.45, 2.75) is 6.54 Å². The number of amides is 2. The maximum atomic E-state index is 13.7. The standard InChI is InChI=1S/C19H17ClF2N4O2/c20-12-1-4-17-16(9-12)23-18(28-17)11-25-5-7-26(8-6-25)19(27)24-15-3-2-13(21)10-14(15)22/h1-4,9-10H,5-8,11H2,(H,24,27). The molecule has 1 aromatic heterocycles. The molecule has 2 aromatic carbocycles. The molecule has 1 aliphatic rings. The van der Waals surface area contributed by atoms with Crippen molar-refractivity contribution >= 4 is 34.4 Å². The number of carbonyl (C=O) groups is 1. The number of fused-ring (bicyclic) bond motifs is 1. The first-order chi connectivity index (χ1) is 13.5. The second-order valence-electron chi connectivity index (χ2n) is 6.54. The SMILES string of the molecule is O=C(Nc1ccc(F)cc1F)N1CCN(Cc2nc3cc(Cl)ccc3o2)CC1. The van der Waals surface area contributed by atoms with Gasteiger partial charge in [0.15, 0.2) is 5.58 Å². The number of benzene rings is 2. The number of hydrogen-bond donors (Lipinski definition) is 1. The quantitative estimate of drug-likeness (QED) is 0.711. The lowest BCUT2D eigenvalue weighted by molar-refractivity contribution is 0.136. The van der Waals surface area contributed by atoms with Crippen LogP contribution in [0.5, 0.6) is 0 Å². The lowest BCUT2D eigenvalue weighted by atomic mass is 10.3. The number of carbonyl (C=O) groups excluding carboxylic acids is 1. The molecule has 146 valence electrons. The highest BCUT2D eigenvalue weighted by atomic mass is 35.5. The minimum Gasteiger partial charge on any atom is -0.439 e. The monoisotopic (exact) mass is 406 g/mol. The number of oxazole rings is 1. The number of rotatable bonds is 3.